The number of aliphatic hydroxyl groups is 1. The van der Waals surface area contributed by atoms with Gasteiger partial charge in [-0.3, -0.25) is 0 Å². The van der Waals surface area contributed by atoms with Crippen molar-refractivity contribution in [1.29, 1.82) is 0 Å². The van der Waals surface area contributed by atoms with Crippen molar-refractivity contribution in [3.63, 3.8) is 0 Å². The molecule has 0 saturated heterocycles. The number of quaternary nitrogens is 1. The lowest BCUT2D eigenvalue weighted by molar-refractivity contribution is -0.884. The highest BCUT2D eigenvalue weighted by Crippen LogP contribution is 2.11. The lowest BCUT2D eigenvalue weighted by Crippen LogP contribution is -3.00. The maximum atomic E-state index is 8.69. The van der Waals surface area contributed by atoms with E-state index in [2.05, 4.69) is 21.0 Å². The molecule has 0 heterocycles. The molecule has 0 bridgehead atoms. The Morgan fingerprint density at radius 1 is 0.800 bits per heavy atom. The van der Waals surface area contributed by atoms with Crippen LogP contribution in [0.3, 0.4) is 0 Å². The minimum atomic E-state index is 0. The molecule has 122 valence electrons. The van der Waals surface area contributed by atoms with Gasteiger partial charge in [0.2, 0.25) is 0 Å². The molecule has 0 atom stereocenters. The number of unbranched alkanes of at least 4 members (excludes halogenated alkanes) is 9. The van der Waals surface area contributed by atoms with Crippen molar-refractivity contribution >= 4 is 0 Å². The summed E-state index contributed by atoms with van der Waals surface area (Å²) in [4.78, 5) is 0. The minimum Gasteiger partial charge on any atom is -1.00 e. The van der Waals surface area contributed by atoms with Crippen LogP contribution in [0.25, 0.3) is 0 Å². The molecule has 3 heteroatoms. The Bertz CT molecular complexity index is 217. The average Bonchev–Trinajstić information content (AvgIpc) is 2.38. The van der Waals surface area contributed by atoms with E-state index in [4.69, 9.17) is 5.11 Å². The van der Waals surface area contributed by atoms with Crippen molar-refractivity contribution in [3.8, 4) is 0 Å². The van der Waals surface area contributed by atoms with E-state index >= 15 is 0 Å². The Morgan fingerprint density at radius 3 is 1.70 bits per heavy atom. The van der Waals surface area contributed by atoms with Gasteiger partial charge in [0.25, 0.3) is 0 Å². The summed E-state index contributed by atoms with van der Waals surface area (Å²) in [5, 5.41) is 8.69. The van der Waals surface area contributed by atoms with E-state index in [0.29, 0.717) is 0 Å². The van der Waals surface area contributed by atoms with Gasteiger partial charge in [0.15, 0.2) is 0 Å². The standard InChI is InChI=1S/C17H35NO.ClH/c1-4-5-6-7-8-9-10-11-12-13-15-18(2,3)16-14-17-19;/h14,17H,4-13,15-16H2,1-3H3;1H/b17-14+;. The third-order valence-electron chi connectivity index (χ3n) is 3.82. The summed E-state index contributed by atoms with van der Waals surface area (Å²) >= 11 is 0. The molecular weight excluding hydrogens is 270 g/mol. The van der Waals surface area contributed by atoms with Crippen LogP contribution in [-0.4, -0.2) is 36.8 Å². The summed E-state index contributed by atoms with van der Waals surface area (Å²) in [6, 6.07) is 0. The van der Waals surface area contributed by atoms with E-state index in [1.807, 2.05) is 6.08 Å². The van der Waals surface area contributed by atoms with Crippen LogP contribution in [0.4, 0.5) is 0 Å². The van der Waals surface area contributed by atoms with Gasteiger partial charge in [-0.25, -0.2) is 0 Å². The van der Waals surface area contributed by atoms with Crippen LogP contribution < -0.4 is 12.4 Å². The van der Waals surface area contributed by atoms with E-state index in [1.165, 1.54) is 77.0 Å². The maximum absolute atomic E-state index is 8.69. The smallest absolute Gasteiger partial charge is 0.100 e. The monoisotopic (exact) mass is 305 g/mol. The fraction of sp³-hybridized carbons (Fsp3) is 0.882. The second-order valence-corrected chi connectivity index (χ2v) is 6.41. The fourth-order valence-corrected chi connectivity index (χ4v) is 2.45. The number of nitrogens with zero attached hydrogens (tertiary/aromatic N) is 1. The van der Waals surface area contributed by atoms with Gasteiger partial charge >= 0.3 is 0 Å². The van der Waals surface area contributed by atoms with Crippen LogP contribution in [0, 0.1) is 0 Å². The second-order valence-electron chi connectivity index (χ2n) is 6.41. The first-order valence-corrected chi connectivity index (χ1v) is 8.23. The normalized spacial score (nSPS) is 11.8. The molecule has 0 amide bonds. The first kappa shape index (κ1) is 22.1. The van der Waals surface area contributed by atoms with Crippen LogP contribution in [-0.2, 0) is 0 Å². The van der Waals surface area contributed by atoms with E-state index in [9.17, 15) is 0 Å². The Kier molecular flexibility index (Phi) is 16.8. The molecule has 1 N–H and O–H groups in total. The van der Waals surface area contributed by atoms with Crippen LogP contribution in [0.2, 0.25) is 0 Å². The zero-order chi connectivity index (χ0) is 14.4. The molecule has 0 aliphatic rings. The summed E-state index contributed by atoms with van der Waals surface area (Å²) in [7, 11) is 4.46. The summed E-state index contributed by atoms with van der Waals surface area (Å²) < 4.78 is 0.980. The lowest BCUT2D eigenvalue weighted by Gasteiger charge is -2.28. The predicted molar refractivity (Wildman–Crippen MR) is 85.5 cm³/mol. The minimum absolute atomic E-state index is 0. The first-order valence-electron chi connectivity index (χ1n) is 8.23. The van der Waals surface area contributed by atoms with Gasteiger partial charge in [-0.05, 0) is 12.8 Å². The molecule has 0 unspecified atom stereocenters. The van der Waals surface area contributed by atoms with Gasteiger partial charge in [0.1, 0.15) is 6.54 Å². The predicted octanol–water partition coefficient (Wildman–Crippen LogP) is 2.06. The molecular formula is C17H36ClNO. The number of hydrogen-bond donors (Lipinski definition) is 1. The summed E-state index contributed by atoms with van der Waals surface area (Å²) in [5.41, 5.74) is 0. The van der Waals surface area contributed by atoms with Crippen molar-refractivity contribution in [2.24, 2.45) is 0 Å². The Balaban J connectivity index is 0. The quantitative estimate of drug-likeness (QED) is 0.314. The summed E-state index contributed by atoms with van der Waals surface area (Å²) in [6.45, 7) is 4.41. The topological polar surface area (TPSA) is 20.2 Å². The van der Waals surface area contributed by atoms with Gasteiger partial charge in [-0.1, -0.05) is 58.3 Å². The number of hydrogen-bond acceptors (Lipinski definition) is 1. The molecule has 0 fully saturated rings. The Hall–Kier alpha value is -0.210. The molecule has 0 spiro atoms. The number of likely N-dealkylation sites (N-methyl/N-ethyl adjacent to an activating group) is 1. The second kappa shape index (κ2) is 15.2. The average molecular weight is 306 g/mol. The van der Waals surface area contributed by atoms with Gasteiger partial charge in [0, 0.05) is 6.08 Å². The molecule has 0 aliphatic heterocycles. The highest BCUT2D eigenvalue weighted by molar-refractivity contribution is 4.70. The van der Waals surface area contributed by atoms with E-state index in [1.54, 1.807) is 0 Å². The summed E-state index contributed by atoms with van der Waals surface area (Å²) in [5.74, 6) is 0. The van der Waals surface area contributed by atoms with E-state index in [0.717, 1.165) is 11.0 Å². The zero-order valence-electron chi connectivity index (χ0n) is 13.9. The largest absolute Gasteiger partial charge is 1.00 e. The number of halogens is 1. The molecule has 0 rings (SSSR count). The SMILES string of the molecule is CCCCCCCCCCCC[N+](C)(C)C/C=C/O.[Cl-]. The summed E-state index contributed by atoms with van der Waals surface area (Å²) in [6.07, 6.45) is 17.0. The number of aliphatic hydroxyl groups excluding tert-OH is 1. The van der Waals surface area contributed by atoms with Crippen LogP contribution in [0.5, 0.6) is 0 Å². The third-order valence-corrected chi connectivity index (χ3v) is 3.82. The molecule has 20 heavy (non-hydrogen) atoms. The van der Waals surface area contributed by atoms with Crippen molar-refractivity contribution in [3.05, 3.63) is 12.3 Å². The van der Waals surface area contributed by atoms with Gasteiger partial charge in [-0.2, -0.15) is 0 Å². The third kappa shape index (κ3) is 15.8. The molecule has 0 aliphatic carbocycles. The fourth-order valence-electron chi connectivity index (χ4n) is 2.45. The molecule has 0 radical (unpaired) electrons. The molecule has 0 aromatic rings. The molecule has 0 saturated carbocycles. The van der Waals surface area contributed by atoms with Gasteiger partial charge in [-0.15, -0.1) is 0 Å². The highest BCUT2D eigenvalue weighted by atomic mass is 35.5. The Morgan fingerprint density at radius 2 is 1.25 bits per heavy atom. The van der Waals surface area contributed by atoms with Gasteiger partial charge in [0.05, 0.1) is 26.9 Å². The molecule has 0 aromatic carbocycles. The molecule has 2 nitrogen and oxygen atoms in total. The van der Waals surface area contributed by atoms with Crippen molar-refractivity contribution in [1.82, 2.24) is 0 Å². The van der Waals surface area contributed by atoms with Crippen molar-refractivity contribution in [2.75, 3.05) is 27.2 Å². The highest BCUT2D eigenvalue weighted by Gasteiger charge is 2.11. The van der Waals surface area contributed by atoms with Crippen LogP contribution in [0.1, 0.15) is 71.1 Å². The first-order chi connectivity index (χ1) is 9.12. The van der Waals surface area contributed by atoms with Crippen LogP contribution >= 0.6 is 0 Å². The molecule has 0 aromatic heterocycles. The van der Waals surface area contributed by atoms with Gasteiger partial charge < -0.3 is 22.0 Å². The number of rotatable bonds is 13. The zero-order valence-corrected chi connectivity index (χ0v) is 14.7. The van der Waals surface area contributed by atoms with Crippen molar-refractivity contribution < 1.29 is 22.0 Å². The Labute approximate surface area is 133 Å². The van der Waals surface area contributed by atoms with Crippen LogP contribution in [0.15, 0.2) is 12.3 Å². The lowest BCUT2D eigenvalue weighted by atomic mass is 10.1. The van der Waals surface area contributed by atoms with E-state index < -0.39 is 0 Å². The van der Waals surface area contributed by atoms with E-state index in [-0.39, 0.29) is 12.4 Å². The van der Waals surface area contributed by atoms with Crippen molar-refractivity contribution in [2.45, 2.75) is 71.1 Å². The maximum Gasteiger partial charge on any atom is 0.100 e.